The van der Waals surface area contributed by atoms with Crippen molar-refractivity contribution in [2.75, 3.05) is 0 Å². The molecule has 0 saturated carbocycles. The molecule has 0 saturated heterocycles. The van der Waals surface area contributed by atoms with Crippen LogP contribution in [-0.2, 0) is 36.8 Å². The molecule has 2 aromatic carbocycles. The molecular weight excluding hydrogens is 496 g/mol. The highest BCUT2D eigenvalue weighted by Crippen LogP contribution is 2.11. The number of rotatable bonds is 14. The molecule has 6 N–H and O–H groups in total. The first-order chi connectivity index (χ1) is 18.5. The molecule has 2 rings (SSSR count). The highest BCUT2D eigenvalue weighted by Gasteiger charge is 2.32. The fourth-order valence-electron chi connectivity index (χ4n) is 4.11. The lowest BCUT2D eigenvalue weighted by Crippen LogP contribution is -2.53. The number of ether oxygens (including phenoxy) is 1. The summed E-state index contributed by atoms with van der Waals surface area (Å²) in [4.78, 5) is 52.0. The van der Waals surface area contributed by atoms with Crippen LogP contribution in [0.25, 0.3) is 0 Å². The molecule has 0 aliphatic carbocycles. The summed E-state index contributed by atoms with van der Waals surface area (Å²) in [6.07, 6.45) is 1.06. The molecule has 212 valence electrons. The van der Waals surface area contributed by atoms with E-state index in [2.05, 4.69) is 10.6 Å². The third-order valence-corrected chi connectivity index (χ3v) is 6.09. The van der Waals surface area contributed by atoms with Crippen LogP contribution in [0.15, 0.2) is 60.7 Å². The lowest BCUT2D eigenvalue weighted by atomic mass is 10.0. The lowest BCUT2D eigenvalue weighted by molar-refractivity contribution is -0.164. The Balaban J connectivity index is 2.22. The first-order valence-electron chi connectivity index (χ1n) is 13.4. The van der Waals surface area contributed by atoms with E-state index in [1.165, 1.54) is 0 Å². The van der Waals surface area contributed by atoms with E-state index in [9.17, 15) is 19.2 Å². The molecule has 0 bridgehead atoms. The molecule has 9 heteroatoms. The first kappa shape index (κ1) is 31.7. The van der Waals surface area contributed by atoms with Gasteiger partial charge >= 0.3 is 11.9 Å². The van der Waals surface area contributed by atoms with Gasteiger partial charge < -0.3 is 26.8 Å². The van der Waals surface area contributed by atoms with Gasteiger partial charge in [0, 0.05) is 12.8 Å². The van der Waals surface area contributed by atoms with Crippen LogP contribution in [0, 0.1) is 11.8 Å². The van der Waals surface area contributed by atoms with E-state index in [1.807, 2.05) is 39.8 Å². The van der Waals surface area contributed by atoms with Gasteiger partial charge in [-0.3, -0.25) is 9.59 Å². The molecule has 39 heavy (non-hydrogen) atoms. The Morgan fingerprint density at radius 2 is 0.974 bits per heavy atom. The fourth-order valence-corrected chi connectivity index (χ4v) is 4.11. The van der Waals surface area contributed by atoms with Crippen LogP contribution in [0.3, 0.4) is 0 Å². The van der Waals surface area contributed by atoms with Crippen LogP contribution in [0.2, 0.25) is 0 Å². The summed E-state index contributed by atoms with van der Waals surface area (Å²) >= 11 is 0. The molecule has 0 aromatic heterocycles. The van der Waals surface area contributed by atoms with E-state index in [4.69, 9.17) is 16.2 Å². The lowest BCUT2D eigenvalue weighted by Gasteiger charge is -2.23. The minimum absolute atomic E-state index is 0.0993. The Hall–Kier alpha value is -3.56. The van der Waals surface area contributed by atoms with Crippen LogP contribution < -0.4 is 22.1 Å². The number of amides is 2. The third kappa shape index (κ3) is 11.4. The van der Waals surface area contributed by atoms with E-state index in [-0.39, 0.29) is 24.7 Å². The molecule has 0 unspecified atom stereocenters. The van der Waals surface area contributed by atoms with Crippen LogP contribution >= 0.6 is 0 Å². The van der Waals surface area contributed by atoms with Crippen molar-refractivity contribution in [3.05, 3.63) is 71.8 Å². The van der Waals surface area contributed by atoms with E-state index in [0.29, 0.717) is 12.8 Å². The highest BCUT2D eigenvalue weighted by molar-refractivity contribution is 5.95. The van der Waals surface area contributed by atoms with Crippen molar-refractivity contribution in [1.82, 2.24) is 10.6 Å². The Labute approximate surface area is 231 Å². The zero-order valence-electron chi connectivity index (χ0n) is 23.3. The summed E-state index contributed by atoms with van der Waals surface area (Å²) in [6.45, 7) is 7.76. The molecule has 4 atom stereocenters. The minimum atomic E-state index is -1.15. The molecule has 2 amide bonds. The predicted octanol–water partition coefficient (Wildman–Crippen LogP) is 2.26. The third-order valence-electron chi connectivity index (χ3n) is 6.09. The zero-order chi connectivity index (χ0) is 28.9. The summed E-state index contributed by atoms with van der Waals surface area (Å²) in [5, 5.41) is 5.29. The average Bonchev–Trinajstić information content (AvgIpc) is 2.88. The summed E-state index contributed by atoms with van der Waals surface area (Å²) in [6, 6.07) is 14.2. The smallest absolute Gasteiger partial charge is 0.336 e. The van der Waals surface area contributed by atoms with Crippen LogP contribution in [0.4, 0.5) is 0 Å². The number of esters is 2. The Morgan fingerprint density at radius 3 is 1.28 bits per heavy atom. The summed E-state index contributed by atoms with van der Waals surface area (Å²) < 4.78 is 5.25. The topological polar surface area (TPSA) is 154 Å². The summed E-state index contributed by atoms with van der Waals surface area (Å²) in [5.74, 6) is -2.54. The first-order valence-corrected chi connectivity index (χ1v) is 13.4. The van der Waals surface area contributed by atoms with Crippen molar-refractivity contribution >= 4 is 23.8 Å². The van der Waals surface area contributed by atoms with Crippen molar-refractivity contribution in [2.24, 2.45) is 23.3 Å². The van der Waals surface area contributed by atoms with Gasteiger partial charge in [0.05, 0.1) is 12.1 Å². The SMILES string of the molecule is CC(C)C[C@H](N)C(=O)N[C@@H](Cc1ccccc1)C(=O)OC(=O)[C@H](Cc1ccccc1)NC(=O)[C@@H](N)CC(C)C. The fraction of sp³-hybridized carbons (Fsp3) is 0.467. The maximum atomic E-state index is 13.2. The zero-order valence-corrected chi connectivity index (χ0v) is 23.3. The normalized spacial score (nSPS) is 14.3. The van der Waals surface area contributed by atoms with Gasteiger partial charge in [0.25, 0.3) is 0 Å². The number of carbonyl (C=O) groups excluding carboxylic acids is 4. The maximum Gasteiger partial charge on any atom is 0.336 e. The van der Waals surface area contributed by atoms with Gasteiger partial charge in [-0.05, 0) is 35.8 Å². The average molecular weight is 539 g/mol. The van der Waals surface area contributed by atoms with E-state index < -0.39 is 47.9 Å². The molecule has 0 aliphatic heterocycles. The summed E-state index contributed by atoms with van der Waals surface area (Å²) in [5.41, 5.74) is 13.6. The van der Waals surface area contributed by atoms with Gasteiger partial charge in [-0.25, -0.2) is 9.59 Å². The van der Waals surface area contributed by atoms with Crippen LogP contribution in [0.1, 0.15) is 51.7 Å². The second-order valence-corrected chi connectivity index (χ2v) is 10.7. The van der Waals surface area contributed by atoms with E-state index >= 15 is 0 Å². The monoisotopic (exact) mass is 538 g/mol. The number of hydrogen-bond donors (Lipinski definition) is 4. The second-order valence-electron chi connectivity index (χ2n) is 10.7. The van der Waals surface area contributed by atoms with Crippen molar-refractivity contribution in [3.8, 4) is 0 Å². The molecular formula is C30H42N4O5. The second kappa shape index (κ2) is 15.8. The van der Waals surface area contributed by atoms with Crippen molar-refractivity contribution in [2.45, 2.75) is 77.5 Å². The standard InChI is InChI=1S/C30H42N4O5/c1-19(2)15-23(31)27(35)33-25(17-21-11-7-5-8-12-21)29(37)39-30(38)26(18-22-13-9-6-10-14-22)34-28(36)24(32)16-20(3)4/h5-14,19-20,23-26H,15-18,31-32H2,1-4H3,(H,33,35)(H,34,36)/t23-,24-,25-,26-/m0/s1. The van der Waals surface area contributed by atoms with Gasteiger partial charge in [0.15, 0.2) is 0 Å². The molecule has 9 nitrogen and oxygen atoms in total. The number of nitrogens with two attached hydrogens (primary N) is 2. The number of carbonyl (C=O) groups is 4. The number of nitrogens with one attached hydrogen (secondary N) is 2. The highest BCUT2D eigenvalue weighted by atomic mass is 16.6. The van der Waals surface area contributed by atoms with Gasteiger partial charge in [-0.2, -0.15) is 0 Å². The van der Waals surface area contributed by atoms with Gasteiger partial charge in [0.2, 0.25) is 11.8 Å². The van der Waals surface area contributed by atoms with E-state index in [1.54, 1.807) is 48.5 Å². The molecule has 0 radical (unpaired) electrons. The quantitative estimate of drug-likeness (QED) is 0.212. The van der Waals surface area contributed by atoms with Gasteiger partial charge in [-0.1, -0.05) is 88.4 Å². The van der Waals surface area contributed by atoms with Gasteiger partial charge in [0.1, 0.15) is 12.1 Å². The van der Waals surface area contributed by atoms with Crippen LogP contribution in [0.5, 0.6) is 0 Å². The van der Waals surface area contributed by atoms with Crippen molar-refractivity contribution in [3.63, 3.8) is 0 Å². The maximum absolute atomic E-state index is 13.2. The van der Waals surface area contributed by atoms with Gasteiger partial charge in [-0.15, -0.1) is 0 Å². The molecule has 2 aromatic rings. The number of benzene rings is 2. The summed E-state index contributed by atoms with van der Waals surface area (Å²) in [7, 11) is 0. The minimum Gasteiger partial charge on any atom is -0.390 e. The molecule has 0 heterocycles. The largest absolute Gasteiger partial charge is 0.390 e. The van der Waals surface area contributed by atoms with Crippen LogP contribution in [-0.4, -0.2) is 47.9 Å². The molecule has 0 spiro atoms. The Kier molecular flexibility index (Phi) is 12.8. The molecule has 0 aliphatic rings. The van der Waals surface area contributed by atoms with Crippen molar-refractivity contribution < 1.29 is 23.9 Å². The van der Waals surface area contributed by atoms with Crippen molar-refractivity contribution in [1.29, 1.82) is 0 Å². The molecule has 0 fully saturated rings. The van der Waals surface area contributed by atoms with E-state index in [0.717, 1.165) is 11.1 Å². The Bertz CT molecular complexity index is 990. The predicted molar refractivity (Wildman–Crippen MR) is 150 cm³/mol. The number of hydrogen-bond acceptors (Lipinski definition) is 7. The Morgan fingerprint density at radius 1 is 0.641 bits per heavy atom.